The number of ether oxygens (including phenoxy) is 1. The molecule has 0 saturated heterocycles. The third-order valence-corrected chi connectivity index (χ3v) is 4.46. The van der Waals surface area contributed by atoms with Crippen molar-refractivity contribution in [3.05, 3.63) is 55.7 Å². The lowest BCUT2D eigenvalue weighted by Gasteiger charge is -2.11. The Kier molecular flexibility index (Phi) is 5.70. The number of para-hydroxylation sites is 1. The van der Waals surface area contributed by atoms with Gasteiger partial charge in [0.05, 0.1) is 33.4 Å². The number of methoxy groups -OCH3 is 1. The van der Waals surface area contributed by atoms with Gasteiger partial charge in [-0.2, -0.15) is 0 Å². The largest absolute Gasteiger partial charge is 0.465 e. The average molecular weight is 394 g/mol. The van der Waals surface area contributed by atoms with Gasteiger partial charge >= 0.3 is 5.97 Å². The molecule has 0 atom stereocenters. The van der Waals surface area contributed by atoms with Crippen molar-refractivity contribution in [1.82, 2.24) is 4.98 Å². The SMILES string of the molecule is COC(=O)c1ccccc1NC(=O)c1nc(Cl)c(Cl)c(Cl)c1Cl. The number of halogens is 4. The molecule has 5 nitrogen and oxygen atoms in total. The lowest BCUT2D eigenvalue weighted by molar-refractivity contribution is 0.0602. The fraction of sp³-hybridized carbons (Fsp3) is 0.0714. The van der Waals surface area contributed by atoms with E-state index in [1.807, 2.05) is 0 Å². The van der Waals surface area contributed by atoms with Crippen LogP contribution in [-0.2, 0) is 4.74 Å². The van der Waals surface area contributed by atoms with Crippen LogP contribution in [0.15, 0.2) is 24.3 Å². The maximum Gasteiger partial charge on any atom is 0.339 e. The van der Waals surface area contributed by atoms with E-state index in [9.17, 15) is 9.59 Å². The number of hydrogen-bond acceptors (Lipinski definition) is 4. The van der Waals surface area contributed by atoms with E-state index < -0.39 is 11.9 Å². The maximum atomic E-state index is 12.3. The van der Waals surface area contributed by atoms with Crippen LogP contribution in [-0.4, -0.2) is 24.0 Å². The van der Waals surface area contributed by atoms with Crippen molar-refractivity contribution in [2.75, 3.05) is 12.4 Å². The number of carbonyl (C=O) groups excluding carboxylic acids is 2. The van der Waals surface area contributed by atoms with E-state index in [1.54, 1.807) is 12.1 Å². The Morgan fingerprint density at radius 3 is 2.35 bits per heavy atom. The summed E-state index contributed by atoms with van der Waals surface area (Å²) in [5.41, 5.74) is 0.181. The number of anilines is 1. The zero-order chi connectivity index (χ0) is 17.1. The normalized spacial score (nSPS) is 10.3. The second kappa shape index (κ2) is 7.36. The highest BCUT2D eigenvalue weighted by atomic mass is 35.5. The summed E-state index contributed by atoms with van der Waals surface area (Å²) in [5.74, 6) is -1.31. The molecule has 1 heterocycles. The number of rotatable bonds is 3. The molecule has 0 aliphatic heterocycles. The van der Waals surface area contributed by atoms with Gasteiger partial charge in [0.1, 0.15) is 10.8 Å². The molecule has 0 unspecified atom stereocenters. The molecule has 0 bridgehead atoms. The van der Waals surface area contributed by atoms with Crippen molar-refractivity contribution in [3.8, 4) is 0 Å². The summed E-state index contributed by atoms with van der Waals surface area (Å²) in [6.45, 7) is 0. The van der Waals surface area contributed by atoms with Crippen LogP contribution in [0.1, 0.15) is 20.8 Å². The van der Waals surface area contributed by atoms with Crippen LogP contribution < -0.4 is 5.32 Å². The summed E-state index contributed by atoms with van der Waals surface area (Å²) < 4.78 is 4.65. The van der Waals surface area contributed by atoms with Crippen molar-refractivity contribution in [3.63, 3.8) is 0 Å². The summed E-state index contributed by atoms with van der Waals surface area (Å²) in [5, 5.41) is 2.07. The van der Waals surface area contributed by atoms with E-state index in [4.69, 9.17) is 46.4 Å². The first kappa shape index (κ1) is 17.8. The van der Waals surface area contributed by atoms with Crippen molar-refractivity contribution < 1.29 is 14.3 Å². The standard InChI is InChI=1S/C14H8Cl4N2O3/c1-23-14(22)6-4-2-3-5-7(6)19-13(21)11-9(16)8(15)10(17)12(18)20-11/h2-5H,1H3,(H,19,21). The molecule has 0 saturated carbocycles. The van der Waals surface area contributed by atoms with Crippen molar-refractivity contribution in [1.29, 1.82) is 0 Å². The molecule has 0 fully saturated rings. The fourth-order valence-corrected chi connectivity index (χ4v) is 2.51. The minimum Gasteiger partial charge on any atom is -0.465 e. The smallest absolute Gasteiger partial charge is 0.339 e. The second-order valence-corrected chi connectivity index (χ2v) is 5.68. The summed E-state index contributed by atoms with van der Waals surface area (Å²) in [6.07, 6.45) is 0. The highest BCUT2D eigenvalue weighted by Gasteiger charge is 2.22. The van der Waals surface area contributed by atoms with Crippen LogP contribution in [0.2, 0.25) is 20.2 Å². The number of carbonyl (C=O) groups is 2. The first-order valence-electron chi connectivity index (χ1n) is 6.05. The Balaban J connectivity index is 2.40. The summed E-state index contributed by atoms with van der Waals surface area (Å²) in [6, 6.07) is 6.29. The van der Waals surface area contributed by atoms with Crippen LogP contribution in [0.4, 0.5) is 5.69 Å². The molecule has 1 aromatic heterocycles. The van der Waals surface area contributed by atoms with Gasteiger partial charge in [-0.3, -0.25) is 4.79 Å². The Morgan fingerprint density at radius 2 is 1.70 bits per heavy atom. The number of hydrogen-bond donors (Lipinski definition) is 1. The molecule has 0 spiro atoms. The molecular formula is C14H8Cl4N2O3. The van der Waals surface area contributed by atoms with Crippen LogP contribution in [0.5, 0.6) is 0 Å². The van der Waals surface area contributed by atoms with E-state index in [0.29, 0.717) is 0 Å². The molecule has 0 aliphatic rings. The Morgan fingerprint density at radius 1 is 1.04 bits per heavy atom. The Hall–Kier alpha value is -1.53. The molecular weight excluding hydrogens is 386 g/mol. The predicted molar refractivity (Wildman–Crippen MR) is 90.0 cm³/mol. The van der Waals surface area contributed by atoms with E-state index in [-0.39, 0.29) is 37.2 Å². The molecule has 1 amide bonds. The van der Waals surface area contributed by atoms with Gasteiger partial charge < -0.3 is 10.1 Å². The quantitative estimate of drug-likeness (QED) is 0.604. The molecule has 23 heavy (non-hydrogen) atoms. The topological polar surface area (TPSA) is 68.3 Å². The van der Waals surface area contributed by atoms with Crippen LogP contribution in [0.3, 0.4) is 0 Å². The third kappa shape index (κ3) is 3.70. The zero-order valence-electron chi connectivity index (χ0n) is 11.5. The van der Waals surface area contributed by atoms with Crippen molar-refractivity contribution in [2.24, 2.45) is 0 Å². The molecule has 9 heteroatoms. The average Bonchev–Trinajstić information content (AvgIpc) is 2.55. The molecule has 0 radical (unpaired) electrons. The maximum absolute atomic E-state index is 12.3. The lowest BCUT2D eigenvalue weighted by Crippen LogP contribution is -2.17. The first-order chi connectivity index (χ1) is 10.9. The number of benzene rings is 1. The summed E-state index contributed by atoms with van der Waals surface area (Å²) in [7, 11) is 1.23. The number of pyridine rings is 1. The molecule has 120 valence electrons. The molecule has 1 aromatic carbocycles. The number of amides is 1. The van der Waals surface area contributed by atoms with Crippen LogP contribution >= 0.6 is 46.4 Å². The van der Waals surface area contributed by atoms with Gasteiger partial charge in [0.25, 0.3) is 5.91 Å². The summed E-state index contributed by atoms with van der Waals surface area (Å²) in [4.78, 5) is 27.9. The van der Waals surface area contributed by atoms with Gasteiger partial charge in [-0.25, -0.2) is 9.78 Å². The van der Waals surface area contributed by atoms with Gasteiger partial charge in [0.15, 0.2) is 0 Å². The molecule has 2 rings (SSSR count). The van der Waals surface area contributed by atoms with Crippen molar-refractivity contribution in [2.45, 2.75) is 0 Å². The highest BCUT2D eigenvalue weighted by Crippen LogP contribution is 2.36. The Labute approximate surface area is 151 Å². The lowest BCUT2D eigenvalue weighted by atomic mass is 10.1. The monoisotopic (exact) mass is 392 g/mol. The van der Waals surface area contributed by atoms with Crippen LogP contribution in [0, 0.1) is 0 Å². The second-order valence-electron chi connectivity index (χ2n) is 4.18. The van der Waals surface area contributed by atoms with Gasteiger partial charge in [-0.15, -0.1) is 0 Å². The zero-order valence-corrected chi connectivity index (χ0v) is 14.5. The van der Waals surface area contributed by atoms with E-state index in [0.717, 1.165) is 0 Å². The summed E-state index contributed by atoms with van der Waals surface area (Å²) >= 11 is 23.5. The van der Waals surface area contributed by atoms with Gasteiger partial charge in [0.2, 0.25) is 0 Å². The minimum absolute atomic E-state index is 0.0511. The van der Waals surface area contributed by atoms with Crippen molar-refractivity contribution >= 4 is 64.0 Å². The van der Waals surface area contributed by atoms with E-state index in [1.165, 1.54) is 19.2 Å². The van der Waals surface area contributed by atoms with Gasteiger partial charge in [0, 0.05) is 0 Å². The fourth-order valence-electron chi connectivity index (χ4n) is 1.70. The Bertz CT molecular complexity index is 796. The van der Waals surface area contributed by atoms with Crippen LogP contribution in [0.25, 0.3) is 0 Å². The minimum atomic E-state index is -0.702. The highest BCUT2D eigenvalue weighted by molar-refractivity contribution is 6.52. The number of esters is 1. The third-order valence-electron chi connectivity index (χ3n) is 2.78. The van der Waals surface area contributed by atoms with Gasteiger partial charge in [-0.05, 0) is 12.1 Å². The molecule has 2 aromatic rings. The number of nitrogens with one attached hydrogen (secondary N) is 1. The predicted octanol–water partition coefficient (Wildman–Crippen LogP) is 4.73. The van der Waals surface area contributed by atoms with Gasteiger partial charge in [-0.1, -0.05) is 58.5 Å². The van der Waals surface area contributed by atoms with E-state index >= 15 is 0 Å². The molecule has 1 N–H and O–H groups in total. The number of nitrogens with zero attached hydrogens (tertiary/aromatic N) is 1. The molecule has 0 aliphatic carbocycles. The van der Waals surface area contributed by atoms with E-state index in [2.05, 4.69) is 15.0 Å². The number of aromatic nitrogens is 1. The first-order valence-corrected chi connectivity index (χ1v) is 7.56.